The first-order valence-electron chi connectivity index (χ1n) is 7.34. The largest absolute Gasteiger partial charge is 0.457 e. The zero-order chi connectivity index (χ0) is 18.0. The molecule has 3 aromatic rings. The number of hydrogen-bond acceptors (Lipinski definition) is 5. The van der Waals surface area contributed by atoms with Crippen LogP contribution in [0, 0.1) is 13.8 Å². The maximum atomic E-state index is 12.5. The predicted octanol–water partition coefficient (Wildman–Crippen LogP) is 4.54. The minimum atomic E-state index is -3.77. The summed E-state index contributed by atoms with van der Waals surface area (Å²) in [6.07, 6.45) is 0. The van der Waals surface area contributed by atoms with Gasteiger partial charge in [-0.15, -0.1) is 0 Å². The van der Waals surface area contributed by atoms with Crippen molar-refractivity contribution in [3.05, 3.63) is 65.0 Å². The summed E-state index contributed by atoms with van der Waals surface area (Å²) in [5.74, 6) is 1.45. The number of anilines is 1. The molecule has 1 N–H and O–H groups in total. The lowest BCUT2D eigenvalue weighted by atomic mass is 10.3. The van der Waals surface area contributed by atoms with Crippen LogP contribution in [0.15, 0.2) is 57.9 Å². The lowest BCUT2D eigenvalue weighted by Crippen LogP contribution is -2.14. The van der Waals surface area contributed by atoms with E-state index < -0.39 is 10.0 Å². The van der Waals surface area contributed by atoms with E-state index in [2.05, 4.69) is 9.88 Å². The smallest absolute Gasteiger partial charge is 0.267 e. The van der Waals surface area contributed by atoms with Gasteiger partial charge in [-0.2, -0.15) is 0 Å². The Hall–Kier alpha value is -2.51. The monoisotopic (exact) mass is 378 g/mol. The highest BCUT2D eigenvalue weighted by molar-refractivity contribution is 7.92. The molecule has 6 nitrogen and oxygen atoms in total. The molecule has 0 bridgehead atoms. The van der Waals surface area contributed by atoms with E-state index >= 15 is 0 Å². The lowest BCUT2D eigenvalue weighted by molar-refractivity contribution is 0.390. The molecule has 0 aliphatic heterocycles. The average Bonchev–Trinajstić information content (AvgIpc) is 2.91. The van der Waals surface area contributed by atoms with E-state index in [1.165, 1.54) is 0 Å². The molecule has 0 amide bonds. The molecule has 0 fully saturated rings. The number of ether oxygens (including phenoxy) is 1. The highest BCUT2D eigenvalue weighted by Crippen LogP contribution is 2.26. The zero-order valence-electron chi connectivity index (χ0n) is 13.5. The second kappa shape index (κ2) is 6.78. The molecule has 0 unspecified atom stereocenters. The second-order valence-electron chi connectivity index (χ2n) is 5.34. The van der Waals surface area contributed by atoms with Gasteiger partial charge in [-0.1, -0.05) is 16.8 Å². The summed E-state index contributed by atoms with van der Waals surface area (Å²) in [6, 6.07) is 13.5. The van der Waals surface area contributed by atoms with Gasteiger partial charge < -0.3 is 9.26 Å². The first-order chi connectivity index (χ1) is 11.8. The van der Waals surface area contributed by atoms with Gasteiger partial charge in [0.2, 0.25) is 0 Å². The Balaban J connectivity index is 1.75. The molecular formula is C17H15ClN2O4S. The topological polar surface area (TPSA) is 81.4 Å². The van der Waals surface area contributed by atoms with Gasteiger partial charge in [0.15, 0.2) is 10.7 Å². The third kappa shape index (κ3) is 3.94. The third-order valence-corrected chi connectivity index (χ3v) is 5.27. The van der Waals surface area contributed by atoms with Gasteiger partial charge in [-0.3, -0.25) is 4.72 Å². The minimum absolute atomic E-state index is 0.0500. The molecule has 8 heteroatoms. The number of rotatable bonds is 5. The van der Waals surface area contributed by atoms with Gasteiger partial charge in [0, 0.05) is 10.7 Å². The number of halogens is 1. The maximum absolute atomic E-state index is 12.5. The van der Waals surface area contributed by atoms with Gasteiger partial charge in [0.05, 0.1) is 0 Å². The van der Waals surface area contributed by atoms with Gasteiger partial charge in [-0.25, -0.2) is 8.42 Å². The summed E-state index contributed by atoms with van der Waals surface area (Å²) in [4.78, 5) is 0.0500. The SMILES string of the molecule is Cc1noc(C)c1S(=O)(=O)Nc1ccc(Oc2ccc(Cl)cc2)cc1. The van der Waals surface area contributed by atoms with E-state index in [0.29, 0.717) is 27.9 Å². The molecule has 0 saturated carbocycles. The van der Waals surface area contributed by atoms with E-state index in [-0.39, 0.29) is 10.7 Å². The van der Waals surface area contributed by atoms with Crippen LogP contribution in [0.4, 0.5) is 5.69 Å². The molecule has 1 aromatic heterocycles. The highest BCUT2D eigenvalue weighted by atomic mass is 35.5. The molecule has 0 saturated heterocycles. The fourth-order valence-electron chi connectivity index (χ4n) is 2.29. The van der Waals surface area contributed by atoms with E-state index in [0.717, 1.165) is 0 Å². The number of aromatic nitrogens is 1. The molecule has 0 aliphatic carbocycles. The van der Waals surface area contributed by atoms with Crippen LogP contribution in [-0.4, -0.2) is 13.6 Å². The van der Waals surface area contributed by atoms with Crippen LogP contribution in [0.25, 0.3) is 0 Å². The molecular weight excluding hydrogens is 364 g/mol. The summed E-state index contributed by atoms with van der Waals surface area (Å²) in [5, 5.41) is 4.29. The standard InChI is InChI=1S/C17H15ClN2O4S/c1-11-17(12(2)24-19-11)25(21,22)20-14-5-9-16(10-6-14)23-15-7-3-13(18)4-8-15/h3-10,20H,1-2H3. The molecule has 1 heterocycles. The van der Waals surface area contributed by atoms with Crippen molar-refractivity contribution in [2.45, 2.75) is 18.7 Å². The van der Waals surface area contributed by atoms with E-state index in [1.807, 2.05) is 0 Å². The van der Waals surface area contributed by atoms with Crippen molar-refractivity contribution in [1.82, 2.24) is 5.16 Å². The van der Waals surface area contributed by atoms with Crippen molar-refractivity contribution in [3.8, 4) is 11.5 Å². The van der Waals surface area contributed by atoms with Gasteiger partial charge in [0.1, 0.15) is 17.2 Å². The van der Waals surface area contributed by atoms with Crippen molar-refractivity contribution >= 4 is 27.3 Å². The molecule has 130 valence electrons. The fourth-order valence-corrected chi connectivity index (χ4v) is 3.81. The third-order valence-electron chi connectivity index (χ3n) is 3.39. The van der Waals surface area contributed by atoms with Crippen molar-refractivity contribution < 1.29 is 17.7 Å². The number of hydrogen-bond donors (Lipinski definition) is 1. The molecule has 2 aromatic carbocycles. The average molecular weight is 379 g/mol. The predicted molar refractivity (Wildman–Crippen MR) is 94.8 cm³/mol. The Morgan fingerprint density at radius 2 is 1.56 bits per heavy atom. The Labute approximate surface area is 150 Å². The normalized spacial score (nSPS) is 11.3. The van der Waals surface area contributed by atoms with Crippen molar-refractivity contribution in [2.75, 3.05) is 4.72 Å². The Bertz CT molecular complexity index is 961. The van der Waals surface area contributed by atoms with E-state index in [4.69, 9.17) is 20.9 Å². The van der Waals surface area contributed by atoms with Crippen LogP contribution in [0.1, 0.15) is 11.5 Å². The molecule has 25 heavy (non-hydrogen) atoms. The fraction of sp³-hybridized carbons (Fsp3) is 0.118. The lowest BCUT2D eigenvalue weighted by Gasteiger charge is -2.09. The number of sulfonamides is 1. The van der Waals surface area contributed by atoms with Crippen molar-refractivity contribution in [2.24, 2.45) is 0 Å². The van der Waals surface area contributed by atoms with Gasteiger partial charge >= 0.3 is 0 Å². The summed E-state index contributed by atoms with van der Waals surface area (Å²) < 4.78 is 38.0. The summed E-state index contributed by atoms with van der Waals surface area (Å²) >= 11 is 5.83. The van der Waals surface area contributed by atoms with E-state index in [9.17, 15) is 8.42 Å². The van der Waals surface area contributed by atoms with Crippen molar-refractivity contribution in [3.63, 3.8) is 0 Å². The van der Waals surface area contributed by atoms with Crippen LogP contribution in [-0.2, 0) is 10.0 Å². The van der Waals surface area contributed by atoms with Gasteiger partial charge in [0.25, 0.3) is 10.0 Å². The van der Waals surface area contributed by atoms with Crippen molar-refractivity contribution in [1.29, 1.82) is 0 Å². The second-order valence-corrected chi connectivity index (χ2v) is 7.39. The summed E-state index contributed by atoms with van der Waals surface area (Å²) in [5.41, 5.74) is 0.719. The molecule has 3 rings (SSSR count). The van der Waals surface area contributed by atoms with Crippen LogP contribution in [0.2, 0.25) is 5.02 Å². The van der Waals surface area contributed by atoms with Crippen LogP contribution in [0.3, 0.4) is 0 Å². The quantitative estimate of drug-likeness (QED) is 0.704. The Morgan fingerprint density at radius 3 is 2.08 bits per heavy atom. The maximum Gasteiger partial charge on any atom is 0.267 e. The summed E-state index contributed by atoms with van der Waals surface area (Å²) in [7, 11) is -3.77. The highest BCUT2D eigenvalue weighted by Gasteiger charge is 2.24. The number of benzene rings is 2. The first kappa shape index (κ1) is 17.3. The number of aryl methyl sites for hydroxylation is 2. The Kier molecular flexibility index (Phi) is 4.69. The summed E-state index contributed by atoms with van der Waals surface area (Å²) in [6.45, 7) is 3.13. The van der Waals surface area contributed by atoms with Crippen LogP contribution in [0.5, 0.6) is 11.5 Å². The van der Waals surface area contributed by atoms with Crippen LogP contribution >= 0.6 is 11.6 Å². The number of nitrogens with zero attached hydrogens (tertiary/aromatic N) is 1. The molecule has 0 aliphatic rings. The minimum Gasteiger partial charge on any atom is -0.457 e. The Morgan fingerprint density at radius 1 is 1.00 bits per heavy atom. The molecule has 0 radical (unpaired) electrons. The molecule has 0 atom stereocenters. The van der Waals surface area contributed by atoms with E-state index in [1.54, 1.807) is 62.4 Å². The molecule has 0 spiro atoms. The number of nitrogens with one attached hydrogen (secondary N) is 1. The first-order valence-corrected chi connectivity index (χ1v) is 9.20. The van der Waals surface area contributed by atoms with Crippen LogP contribution < -0.4 is 9.46 Å². The zero-order valence-corrected chi connectivity index (χ0v) is 15.1. The van der Waals surface area contributed by atoms with Gasteiger partial charge in [-0.05, 0) is 62.4 Å².